The molecule has 9 nitrogen and oxygen atoms in total. The summed E-state index contributed by atoms with van der Waals surface area (Å²) in [6.07, 6.45) is 13.2. The molecule has 0 radical (unpaired) electrons. The van der Waals surface area contributed by atoms with Gasteiger partial charge < -0.3 is 20.1 Å². The van der Waals surface area contributed by atoms with E-state index < -0.39 is 33.1 Å². The molecule has 0 aromatic carbocycles. The van der Waals surface area contributed by atoms with Crippen LogP contribution in [0.5, 0.6) is 5.88 Å². The van der Waals surface area contributed by atoms with Gasteiger partial charge in [0.1, 0.15) is 17.7 Å². The fourth-order valence-electron chi connectivity index (χ4n) is 15.5. The number of hydrogen-bond acceptors (Lipinski definition) is 7. The summed E-state index contributed by atoms with van der Waals surface area (Å²) in [5.41, 5.74) is 2.13. The molecule has 10 atom stereocenters. The van der Waals surface area contributed by atoms with Crippen LogP contribution in [0.2, 0.25) is 0 Å². The molecule has 13 heteroatoms. The number of halogens is 3. The lowest BCUT2D eigenvalue weighted by molar-refractivity contribution is -0.178. The molecule has 8 rings (SSSR count). The average Bonchev–Trinajstić information content (AvgIpc) is 3.74. The number of nitrogens with one attached hydrogen (secondary N) is 1. The summed E-state index contributed by atoms with van der Waals surface area (Å²) in [7, 11) is -1.69. The van der Waals surface area contributed by atoms with E-state index in [1.54, 1.807) is 0 Å². The van der Waals surface area contributed by atoms with Gasteiger partial charge in [0.2, 0.25) is 5.88 Å². The molecule has 6 aliphatic carbocycles. The van der Waals surface area contributed by atoms with E-state index in [1.807, 2.05) is 0 Å². The van der Waals surface area contributed by atoms with Gasteiger partial charge in [0, 0.05) is 44.8 Å². The number of aryl methyl sites for hydroxylation is 1. The third-order valence-electron chi connectivity index (χ3n) is 18.3. The van der Waals surface area contributed by atoms with Crippen LogP contribution in [0, 0.1) is 57.2 Å². The Morgan fingerprint density at radius 1 is 0.984 bits per heavy atom. The molecule has 7 aliphatic rings. The maximum atomic E-state index is 13.4. The smallest absolute Gasteiger partial charge is 0.433 e. The predicted octanol–water partition coefficient (Wildman–Crippen LogP) is 9.27. The molecule has 5 fully saturated rings. The van der Waals surface area contributed by atoms with Gasteiger partial charge in [-0.25, -0.2) is 8.42 Å². The first-order chi connectivity index (χ1) is 28.5. The molecule has 340 valence electrons. The Bertz CT molecular complexity index is 2050. The zero-order valence-corrected chi connectivity index (χ0v) is 38.3. The van der Waals surface area contributed by atoms with Crippen LogP contribution in [-0.2, 0) is 27.9 Å². The molecular weight excluding hydrogens is 802 g/mol. The van der Waals surface area contributed by atoms with E-state index in [0.29, 0.717) is 61.4 Å². The molecular formula is C48H71F3N4O5S. The first kappa shape index (κ1) is 44.9. The summed E-state index contributed by atoms with van der Waals surface area (Å²) in [4.78, 5) is 15.1. The number of aromatic nitrogens is 2. The number of carboxylic acids is 1. The first-order valence-corrected chi connectivity index (χ1v) is 25.1. The molecule has 1 saturated heterocycles. The Morgan fingerprint density at radius 3 is 2.34 bits per heavy atom. The number of fused-ring (bicyclic) bond motifs is 7. The van der Waals surface area contributed by atoms with Crippen LogP contribution in [0.25, 0.3) is 0 Å². The second kappa shape index (κ2) is 15.8. The predicted molar refractivity (Wildman–Crippen MR) is 232 cm³/mol. The van der Waals surface area contributed by atoms with Crippen molar-refractivity contribution in [2.75, 3.05) is 44.3 Å². The third kappa shape index (κ3) is 7.88. The van der Waals surface area contributed by atoms with E-state index in [-0.39, 0.29) is 52.2 Å². The minimum absolute atomic E-state index is 0.0963. The summed E-state index contributed by atoms with van der Waals surface area (Å²) < 4.78 is 70.7. The van der Waals surface area contributed by atoms with Crippen molar-refractivity contribution in [2.24, 2.45) is 64.2 Å². The molecule has 61 heavy (non-hydrogen) atoms. The van der Waals surface area contributed by atoms with E-state index in [0.717, 1.165) is 36.7 Å². The molecule has 5 unspecified atom stereocenters. The number of hydrogen-bond donors (Lipinski definition) is 2. The zero-order valence-electron chi connectivity index (χ0n) is 37.5. The average molecular weight is 873 g/mol. The minimum atomic E-state index is -4.58. The lowest BCUT2D eigenvalue weighted by Crippen LogP contribution is -2.64. The number of aliphatic carboxylic acids is 1. The number of rotatable bonds is 11. The first-order valence-electron chi connectivity index (χ1n) is 23.2. The topological polar surface area (TPSA) is 114 Å². The highest BCUT2D eigenvalue weighted by Crippen LogP contribution is 2.73. The largest absolute Gasteiger partial charge is 0.481 e. The van der Waals surface area contributed by atoms with Crippen molar-refractivity contribution in [3.05, 3.63) is 47.2 Å². The number of carboxylic acid groups (broad SMARTS) is 1. The van der Waals surface area contributed by atoms with E-state index in [2.05, 4.69) is 68.7 Å². The molecule has 1 aromatic rings. The standard InChI is InChI=1S/C48H71F3N4O5S/c1-31(2)28-33-12-20-47(52-22-23-55-24-26-61(58,59)27-25-55)21-14-36-34(41(33)47)8-9-38-44(36,5)17-15-37-43(3,4)35(13-16-45(37,38)6)32-10-18-46(19-11-32,42(56)57)30-60-40-29-39(48(49,50)51)54(7)53-40/h10,13,29,33-34,36-38,41,52H,1,8-9,11-12,14-28,30H2,2-7H3,(H,56,57)/t33-,34-,36?,37?,38?,41?,44-,45-,46?,47-/m0/s1. The normalized spacial score (nSPS) is 39.5. The van der Waals surface area contributed by atoms with Gasteiger partial charge in [-0.2, -0.15) is 13.2 Å². The number of nitrogens with zero attached hydrogens (tertiary/aromatic N) is 3. The van der Waals surface area contributed by atoms with Crippen molar-refractivity contribution in [1.82, 2.24) is 20.0 Å². The molecule has 2 heterocycles. The molecule has 0 amide bonds. The minimum Gasteiger partial charge on any atom is -0.481 e. The quantitative estimate of drug-likeness (QED) is 0.212. The lowest BCUT2D eigenvalue weighted by Gasteiger charge is -2.69. The van der Waals surface area contributed by atoms with E-state index in [1.165, 1.54) is 75.1 Å². The highest BCUT2D eigenvalue weighted by molar-refractivity contribution is 7.91. The van der Waals surface area contributed by atoms with Crippen molar-refractivity contribution in [1.29, 1.82) is 0 Å². The molecule has 0 spiro atoms. The fourth-order valence-corrected chi connectivity index (χ4v) is 16.8. The Morgan fingerprint density at radius 2 is 1.70 bits per heavy atom. The van der Waals surface area contributed by atoms with Gasteiger partial charge in [-0.05, 0) is 153 Å². The van der Waals surface area contributed by atoms with Gasteiger partial charge in [0.25, 0.3) is 0 Å². The molecule has 4 saturated carbocycles. The maximum absolute atomic E-state index is 13.4. The van der Waals surface area contributed by atoms with Crippen LogP contribution in [-0.4, -0.2) is 84.0 Å². The lowest BCUT2D eigenvalue weighted by atomic mass is 9.36. The van der Waals surface area contributed by atoms with Gasteiger partial charge in [-0.3, -0.25) is 9.48 Å². The molecule has 1 aromatic heterocycles. The number of sulfone groups is 1. The van der Waals surface area contributed by atoms with E-state index in [9.17, 15) is 31.5 Å². The number of carbonyl (C=O) groups is 1. The monoisotopic (exact) mass is 873 g/mol. The molecule has 2 N–H and O–H groups in total. The van der Waals surface area contributed by atoms with Gasteiger partial charge in [0.05, 0.1) is 11.5 Å². The molecule has 0 bridgehead atoms. The number of ether oxygens (including phenoxy) is 1. The third-order valence-corrected chi connectivity index (χ3v) is 19.9. The number of allylic oxidation sites excluding steroid dienone is 5. The van der Waals surface area contributed by atoms with Crippen LogP contribution < -0.4 is 10.1 Å². The Hall–Kier alpha value is -2.64. The van der Waals surface area contributed by atoms with E-state index in [4.69, 9.17) is 4.74 Å². The van der Waals surface area contributed by atoms with Crippen LogP contribution in [0.1, 0.15) is 124 Å². The van der Waals surface area contributed by atoms with Crippen molar-refractivity contribution >= 4 is 15.8 Å². The number of alkyl halides is 3. The Labute approximate surface area is 362 Å². The summed E-state index contributed by atoms with van der Waals surface area (Å²) in [5, 5.41) is 18.5. The second-order valence-corrected chi connectivity index (χ2v) is 24.2. The van der Waals surface area contributed by atoms with Crippen molar-refractivity contribution in [3.8, 4) is 5.88 Å². The Balaban J connectivity index is 0.980. The summed E-state index contributed by atoms with van der Waals surface area (Å²) >= 11 is 0. The van der Waals surface area contributed by atoms with Gasteiger partial charge >= 0.3 is 12.1 Å². The highest BCUT2D eigenvalue weighted by Gasteiger charge is 2.66. The van der Waals surface area contributed by atoms with Crippen LogP contribution in [0.15, 0.2) is 41.5 Å². The van der Waals surface area contributed by atoms with Crippen LogP contribution >= 0.6 is 0 Å². The van der Waals surface area contributed by atoms with Gasteiger partial charge in [-0.15, -0.1) is 11.7 Å². The Kier molecular flexibility index (Phi) is 11.6. The summed E-state index contributed by atoms with van der Waals surface area (Å²) in [6, 6.07) is 0.833. The summed E-state index contributed by atoms with van der Waals surface area (Å²) in [6.45, 7) is 19.6. The maximum Gasteiger partial charge on any atom is 0.433 e. The SMILES string of the molecule is C=C(C)C[C@@H]1CC[C@]2(NCCN3CCS(=O)(=O)CC3)CCC3[C@H](CCC4[C@@]3(C)CCC3C(C)(C)C(C5=CCC(COc6cc(C(F)(F)F)n(C)n6)(C(=O)O)CC5)=CC[C@@]34C)C12. The van der Waals surface area contributed by atoms with E-state index >= 15 is 0 Å². The molecule has 1 aliphatic heterocycles. The van der Waals surface area contributed by atoms with Crippen LogP contribution in [0.4, 0.5) is 13.2 Å². The summed E-state index contributed by atoms with van der Waals surface area (Å²) in [5.74, 6) is 3.10. The van der Waals surface area contributed by atoms with Crippen molar-refractivity contribution in [3.63, 3.8) is 0 Å². The van der Waals surface area contributed by atoms with Gasteiger partial charge in [0.15, 0.2) is 9.84 Å². The van der Waals surface area contributed by atoms with Crippen molar-refractivity contribution in [2.45, 2.75) is 130 Å². The van der Waals surface area contributed by atoms with Crippen molar-refractivity contribution < 1.29 is 36.2 Å². The second-order valence-electron chi connectivity index (χ2n) is 21.9. The zero-order chi connectivity index (χ0) is 44.0. The fraction of sp³-hybridized carbons (Fsp3) is 0.792. The van der Waals surface area contributed by atoms with Gasteiger partial charge in [-0.1, -0.05) is 45.4 Å². The van der Waals surface area contributed by atoms with Crippen LogP contribution in [0.3, 0.4) is 0 Å². The highest BCUT2D eigenvalue weighted by atomic mass is 32.2.